The zero-order chi connectivity index (χ0) is 10.8. The Morgan fingerprint density at radius 2 is 2.36 bits per heavy atom. The predicted octanol–water partition coefficient (Wildman–Crippen LogP) is -0.251. The fourth-order valence-corrected chi connectivity index (χ4v) is 1.27. The first kappa shape index (κ1) is 10.7. The third-order valence-corrected chi connectivity index (χ3v) is 2.17. The van der Waals surface area contributed by atoms with Gasteiger partial charge in [0.15, 0.2) is 0 Å². The van der Waals surface area contributed by atoms with Gasteiger partial charge in [0, 0.05) is 12.1 Å². The summed E-state index contributed by atoms with van der Waals surface area (Å²) in [5.41, 5.74) is 4.54. The van der Waals surface area contributed by atoms with Crippen LogP contribution in [0.5, 0.6) is 0 Å². The molecule has 0 bridgehead atoms. The highest BCUT2D eigenvalue weighted by molar-refractivity contribution is 5.73. The summed E-state index contributed by atoms with van der Waals surface area (Å²) >= 11 is 0. The lowest BCUT2D eigenvalue weighted by Gasteiger charge is -2.34. The number of amides is 2. The molecule has 0 saturated heterocycles. The Bertz CT molecular complexity index is 296. The number of rotatable bonds is 2. The summed E-state index contributed by atoms with van der Waals surface area (Å²) in [5, 5.41) is 12.5. The van der Waals surface area contributed by atoms with Crippen LogP contribution in [-0.2, 0) is 0 Å². The van der Waals surface area contributed by atoms with Crippen LogP contribution in [0, 0.1) is 0 Å². The van der Waals surface area contributed by atoms with E-state index in [1.807, 2.05) is 0 Å². The van der Waals surface area contributed by atoms with Crippen LogP contribution >= 0.6 is 0 Å². The highest BCUT2D eigenvalue weighted by Crippen LogP contribution is 2.23. The number of urea groups is 1. The van der Waals surface area contributed by atoms with Crippen molar-refractivity contribution in [2.75, 3.05) is 14.1 Å². The fraction of sp³-hybridized carbons (Fsp3) is 0.444. The Morgan fingerprint density at radius 3 is 2.86 bits per heavy atom. The van der Waals surface area contributed by atoms with Crippen molar-refractivity contribution in [1.82, 2.24) is 10.2 Å². The van der Waals surface area contributed by atoms with Crippen LogP contribution in [0.25, 0.3) is 0 Å². The van der Waals surface area contributed by atoms with E-state index in [2.05, 4.69) is 5.32 Å². The van der Waals surface area contributed by atoms with Crippen molar-refractivity contribution in [2.45, 2.75) is 12.1 Å². The van der Waals surface area contributed by atoms with Crippen LogP contribution in [0.4, 0.5) is 4.79 Å². The molecule has 0 saturated carbocycles. The Balaban J connectivity index is 2.73. The third kappa shape index (κ3) is 2.34. The van der Waals surface area contributed by atoms with E-state index < -0.39 is 11.8 Å². The van der Waals surface area contributed by atoms with Crippen molar-refractivity contribution in [3.05, 3.63) is 23.9 Å². The summed E-state index contributed by atoms with van der Waals surface area (Å²) in [5.74, 6) is 0. The number of carbonyl (C=O) groups excluding carboxylic acids is 1. The van der Waals surface area contributed by atoms with E-state index in [4.69, 9.17) is 5.73 Å². The Kier molecular flexibility index (Phi) is 2.93. The zero-order valence-corrected chi connectivity index (χ0v) is 8.32. The van der Waals surface area contributed by atoms with Crippen molar-refractivity contribution in [2.24, 2.45) is 5.73 Å². The predicted molar refractivity (Wildman–Crippen MR) is 53.2 cm³/mol. The van der Waals surface area contributed by atoms with Gasteiger partial charge in [-0.1, -0.05) is 6.08 Å². The van der Waals surface area contributed by atoms with Crippen LogP contribution < -0.4 is 11.1 Å². The molecule has 1 rings (SSSR count). The number of nitrogens with zero attached hydrogens (tertiary/aromatic N) is 1. The first-order chi connectivity index (χ1) is 6.44. The fourth-order valence-electron chi connectivity index (χ4n) is 1.27. The van der Waals surface area contributed by atoms with Crippen molar-refractivity contribution in [1.29, 1.82) is 0 Å². The van der Waals surface area contributed by atoms with Gasteiger partial charge in [0.1, 0.15) is 5.72 Å². The molecule has 0 aromatic carbocycles. The number of allylic oxidation sites excluding steroid dienone is 2. The van der Waals surface area contributed by atoms with Gasteiger partial charge >= 0.3 is 6.03 Å². The van der Waals surface area contributed by atoms with Gasteiger partial charge in [0.2, 0.25) is 0 Å². The molecule has 1 aliphatic carbocycles. The van der Waals surface area contributed by atoms with E-state index in [9.17, 15) is 9.90 Å². The van der Waals surface area contributed by atoms with Gasteiger partial charge in [0.25, 0.3) is 0 Å². The molecule has 78 valence electrons. The SMILES string of the molecule is CN(C)C1(O)C=CC=C(NC(N)=O)C1. The summed E-state index contributed by atoms with van der Waals surface area (Å²) in [6.07, 6.45) is 5.39. The minimum absolute atomic E-state index is 0.319. The summed E-state index contributed by atoms with van der Waals surface area (Å²) < 4.78 is 0. The van der Waals surface area contributed by atoms with Gasteiger partial charge in [-0.2, -0.15) is 0 Å². The number of nitrogens with one attached hydrogen (secondary N) is 1. The average Bonchev–Trinajstić information content (AvgIpc) is 2.02. The van der Waals surface area contributed by atoms with Crippen LogP contribution in [0.2, 0.25) is 0 Å². The number of carbonyl (C=O) groups is 1. The molecular weight excluding hydrogens is 182 g/mol. The molecule has 0 spiro atoms. The highest BCUT2D eigenvalue weighted by atomic mass is 16.3. The molecule has 0 aromatic heterocycles. The molecule has 4 N–H and O–H groups in total. The highest BCUT2D eigenvalue weighted by Gasteiger charge is 2.29. The molecule has 0 fully saturated rings. The van der Waals surface area contributed by atoms with Crippen LogP contribution in [0.1, 0.15) is 6.42 Å². The standard InChI is InChI=1S/C9H15N3O2/c1-12(2)9(14)5-3-4-7(6-9)11-8(10)13/h3-5,14H,6H2,1-2H3,(H3,10,11,13). The topological polar surface area (TPSA) is 78.6 Å². The van der Waals surface area contributed by atoms with Crippen LogP contribution in [-0.4, -0.2) is 35.9 Å². The molecule has 1 unspecified atom stereocenters. The summed E-state index contributed by atoms with van der Waals surface area (Å²) in [4.78, 5) is 12.3. The number of hydrogen-bond acceptors (Lipinski definition) is 3. The molecule has 1 atom stereocenters. The lowest BCUT2D eigenvalue weighted by Crippen LogP contribution is -2.45. The Hall–Kier alpha value is -1.33. The van der Waals surface area contributed by atoms with E-state index in [-0.39, 0.29) is 0 Å². The first-order valence-corrected chi connectivity index (χ1v) is 4.29. The van der Waals surface area contributed by atoms with Gasteiger partial charge in [0.05, 0.1) is 0 Å². The molecule has 5 nitrogen and oxygen atoms in total. The van der Waals surface area contributed by atoms with Crippen LogP contribution in [0.15, 0.2) is 23.9 Å². The van der Waals surface area contributed by atoms with Gasteiger partial charge in [-0.05, 0) is 26.2 Å². The van der Waals surface area contributed by atoms with E-state index >= 15 is 0 Å². The minimum Gasteiger partial charge on any atom is -0.372 e. The smallest absolute Gasteiger partial charge is 0.316 e. The molecule has 14 heavy (non-hydrogen) atoms. The van der Waals surface area contributed by atoms with E-state index in [0.29, 0.717) is 12.1 Å². The Morgan fingerprint density at radius 1 is 1.71 bits per heavy atom. The van der Waals surface area contributed by atoms with Crippen molar-refractivity contribution in [3.8, 4) is 0 Å². The monoisotopic (exact) mass is 197 g/mol. The van der Waals surface area contributed by atoms with E-state index in [1.54, 1.807) is 37.2 Å². The maximum atomic E-state index is 10.6. The number of aliphatic hydroxyl groups is 1. The molecule has 1 aliphatic rings. The maximum absolute atomic E-state index is 10.6. The molecule has 0 radical (unpaired) electrons. The largest absolute Gasteiger partial charge is 0.372 e. The van der Waals surface area contributed by atoms with E-state index in [1.165, 1.54) is 0 Å². The van der Waals surface area contributed by atoms with Crippen molar-refractivity contribution in [3.63, 3.8) is 0 Å². The average molecular weight is 197 g/mol. The second-order valence-corrected chi connectivity index (χ2v) is 3.49. The normalized spacial score (nSPS) is 26.1. The molecule has 0 heterocycles. The maximum Gasteiger partial charge on any atom is 0.316 e. The zero-order valence-electron chi connectivity index (χ0n) is 8.32. The summed E-state index contributed by atoms with van der Waals surface area (Å²) in [7, 11) is 3.52. The number of likely N-dealkylation sites (N-methyl/N-ethyl adjacent to an activating group) is 1. The molecule has 0 aromatic rings. The van der Waals surface area contributed by atoms with Gasteiger partial charge < -0.3 is 16.2 Å². The number of primary amides is 1. The van der Waals surface area contributed by atoms with Crippen molar-refractivity contribution >= 4 is 6.03 Å². The van der Waals surface area contributed by atoms with Crippen LogP contribution in [0.3, 0.4) is 0 Å². The molecule has 2 amide bonds. The summed E-state index contributed by atoms with van der Waals surface area (Å²) in [6.45, 7) is 0. The number of hydrogen-bond donors (Lipinski definition) is 3. The van der Waals surface area contributed by atoms with Gasteiger partial charge in [-0.25, -0.2) is 4.79 Å². The molecule has 0 aliphatic heterocycles. The third-order valence-electron chi connectivity index (χ3n) is 2.17. The molecular formula is C9H15N3O2. The van der Waals surface area contributed by atoms with Gasteiger partial charge in [-0.3, -0.25) is 4.90 Å². The minimum atomic E-state index is -1.05. The van der Waals surface area contributed by atoms with E-state index in [0.717, 1.165) is 0 Å². The Labute approximate surface area is 82.9 Å². The quantitative estimate of drug-likeness (QED) is 0.534. The van der Waals surface area contributed by atoms with Crippen molar-refractivity contribution < 1.29 is 9.90 Å². The first-order valence-electron chi connectivity index (χ1n) is 4.29. The summed E-state index contributed by atoms with van der Waals surface area (Å²) in [6, 6.07) is -0.618. The second-order valence-electron chi connectivity index (χ2n) is 3.49. The lowest BCUT2D eigenvalue weighted by atomic mass is 10.0. The van der Waals surface area contributed by atoms with Gasteiger partial charge in [-0.15, -0.1) is 0 Å². The molecule has 5 heteroatoms. The lowest BCUT2D eigenvalue weighted by molar-refractivity contribution is -0.0388. The number of nitrogens with two attached hydrogens (primary N) is 1. The second kappa shape index (κ2) is 3.81.